The number of benzene rings is 3. The Labute approximate surface area is 189 Å². The molecule has 119 valence electrons. The SMILES string of the molecule is O=C(OCc1ccccc1)c1cccc2c1Cc1ccccc1O2.[K]. The summed E-state index contributed by atoms with van der Waals surface area (Å²) >= 11 is 0. The number of hydrogen-bond donors (Lipinski definition) is 0. The summed E-state index contributed by atoms with van der Waals surface area (Å²) in [6.07, 6.45) is 0.669. The predicted octanol–water partition coefficient (Wildman–Crippen LogP) is 4.36. The summed E-state index contributed by atoms with van der Waals surface area (Å²) in [5.41, 5.74) is 3.50. The van der Waals surface area contributed by atoms with Gasteiger partial charge in [0.25, 0.3) is 0 Å². The van der Waals surface area contributed by atoms with E-state index >= 15 is 0 Å². The van der Waals surface area contributed by atoms with Crippen molar-refractivity contribution in [3.8, 4) is 11.5 Å². The summed E-state index contributed by atoms with van der Waals surface area (Å²) in [5.74, 6) is 1.25. The van der Waals surface area contributed by atoms with Gasteiger partial charge in [0.2, 0.25) is 0 Å². The first-order valence-corrected chi connectivity index (χ1v) is 7.90. The molecule has 4 rings (SSSR count). The molecule has 0 saturated carbocycles. The Morgan fingerprint density at radius 2 is 1.60 bits per heavy atom. The zero-order chi connectivity index (χ0) is 16.4. The van der Waals surface area contributed by atoms with Gasteiger partial charge in [-0.05, 0) is 29.3 Å². The Hall–Kier alpha value is -1.43. The van der Waals surface area contributed by atoms with Gasteiger partial charge < -0.3 is 9.47 Å². The molecule has 1 radical (unpaired) electrons. The summed E-state index contributed by atoms with van der Waals surface area (Å²) in [6, 6.07) is 23.1. The number of ether oxygens (including phenoxy) is 2. The molecule has 1 aliphatic rings. The first kappa shape index (κ1) is 18.4. The molecule has 1 aliphatic heterocycles. The van der Waals surface area contributed by atoms with E-state index in [9.17, 15) is 4.79 Å². The van der Waals surface area contributed by atoms with Crippen LogP contribution < -0.4 is 4.74 Å². The van der Waals surface area contributed by atoms with Crippen LogP contribution in [0, 0.1) is 0 Å². The average molecular weight is 355 g/mol. The Kier molecular flexibility index (Phi) is 6.09. The number of para-hydroxylation sites is 1. The van der Waals surface area contributed by atoms with Gasteiger partial charge >= 0.3 is 5.97 Å². The summed E-state index contributed by atoms with van der Waals surface area (Å²) < 4.78 is 11.4. The average Bonchev–Trinajstić information content (AvgIpc) is 2.64. The molecule has 0 N–H and O–H groups in total. The molecule has 0 amide bonds. The summed E-state index contributed by atoms with van der Waals surface area (Å²) in [5, 5.41) is 0. The topological polar surface area (TPSA) is 35.5 Å². The molecule has 4 heteroatoms. The van der Waals surface area contributed by atoms with E-state index < -0.39 is 0 Å². The van der Waals surface area contributed by atoms with Crippen molar-refractivity contribution in [2.45, 2.75) is 13.0 Å². The third kappa shape index (κ3) is 4.05. The summed E-state index contributed by atoms with van der Waals surface area (Å²) in [7, 11) is 0. The van der Waals surface area contributed by atoms with E-state index in [1.54, 1.807) is 6.07 Å². The van der Waals surface area contributed by atoms with E-state index in [0.717, 1.165) is 28.2 Å². The van der Waals surface area contributed by atoms with Crippen molar-refractivity contribution in [3.05, 3.63) is 95.1 Å². The number of esters is 1. The van der Waals surface area contributed by atoms with Gasteiger partial charge in [0, 0.05) is 63.4 Å². The summed E-state index contributed by atoms with van der Waals surface area (Å²) in [4.78, 5) is 12.5. The van der Waals surface area contributed by atoms with Crippen LogP contribution >= 0.6 is 0 Å². The predicted molar refractivity (Wildman–Crippen MR) is 97.1 cm³/mol. The van der Waals surface area contributed by atoms with Gasteiger partial charge in [0.15, 0.2) is 0 Å². The van der Waals surface area contributed by atoms with E-state index in [2.05, 4.69) is 0 Å². The van der Waals surface area contributed by atoms with Crippen LogP contribution in [0.1, 0.15) is 27.0 Å². The fourth-order valence-corrected chi connectivity index (χ4v) is 2.89. The molecule has 0 bridgehead atoms. The maximum absolute atomic E-state index is 12.5. The van der Waals surface area contributed by atoms with Gasteiger partial charge in [-0.25, -0.2) is 4.79 Å². The van der Waals surface area contributed by atoms with E-state index in [1.165, 1.54) is 0 Å². The second-order valence-corrected chi connectivity index (χ2v) is 5.73. The molecule has 0 fully saturated rings. The number of hydrogen-bond acceptors (Lipinski definition) is 3. The Bertz CT molecular complexity index is 891. The smallest absolute Gasteiger partial charge is 0.338 e. The second-order valence-electron chi connectivity index (χ2n) is 5.73. The van der Waals surface area contributed by atoms with Crippen molar-refractivity contribution in [1.82, 2.24) is 0 Å². The van der Waals surface area contributed by atoms with Crippen LogP contribution in [-0.2, 0) is 17.8 Å². The molecule has 3 aromatic carbocycles. The minimum atomic E-state index is -0.321. The van der Waals surface area contributed by atoms with Gasteiger partial charge in [-0.15, -0.1) is 0 Å². The molecule has 3 aromatic rings. The van der Waals surface area contributed by atoms with Crippen molar-refractivity contribution in [1.29, 1.82) is 0 Å². The zero-order valence-corrected chi connectivity index (χ0v) is 17.2. The quantitative estimate of drug-likeness (QED) is 0.405. The minimum Gasteiger partial charge on any atom is -0.457 e. The Morgan fingerprint density at radius 3 is 2.44 bits per heavy atom. The molecule has 0 aliphatic carbocycles. The van der Waals surface area contributed by atoms with Crippen LogP contribution in [0.25, 0.3) is 0 Å². The largest absolute Gasteiger partial charge is 0.457 e. The van der Waals surface area contributed by atoms with Crippen molar-refractivity contribution in [2.24, 2.45) is 0 Å². The van der Waals surface area contributed by atoms with Crippen LogP contribution in [0.2, 0.25) is 0 Å². The minimum absolute atomic E-state index is 0. The van der Waals surface area contributed by atoms with Crippen LogP contribution in [0.5, 0.6) is 11.5 Å². The van der Waals surface area contributed by atoms with Crippen molar-refractivity contribution in [2.75, 3.05) is 0 Å². The molecule has 3 nitrogen and oxygen atoms in total. The summed E-state index contributed by atoms with van der Waals surface area (Å²) in [6.45, 7) is 0.265. The number of rotatable bonds is 3. The van der Waals surface area contributed by atoms with Gasteiger partial charge in [-0.2, -0.15) is 0 Å². The fourth-order valence-electron chi connectivity index (χ4n) is 2.89. The van der Waals surface area contributed by atoms with Gasteiger partial charge in [0.05, 0.1) is 5.56 Å². The molecule has 0 unspecified atom stereocenters. The van der Waals surface area contributed by atoms with Crippen molar-refractivity contribution >= 4 is 57.4 Å². The zero-order valence-electron chi connectivity index (χ0n) is 14.1. The maximum Gasteiger partial charge on any atom is 0.338 e. The fraction of sp³-hybridized carbons (Fsp3) is 0.0952. The van der Waals surface area contributed by atoms with E-state index in [1.807, 2.05) is 66.7 Å². The molecule has 0 spiro atoms. The Morgan fingerprint density at radius 1 is 0.880 bits per heavy atom. The van der Waals surface area contributed by atoms with E-state index in [-0.39, 0.29) is 64.0 Å². The second kappa shape index (κ2) is 8.30. The monoisotopic (exact) mass is 355 g/mol. The third-order valence-electron chi connectivity index (χ3n) is 4.13. The van der Waals surface area contributed by atoms with E-state index in [0.29, 0.717) is 12.0 Å². The molecule has 0 atom stereocenters. The number of fused-ring (bicyclic) bond motifs is 2. The molecule has 0 saturated heterocycles. The van der Waals surface area contributed by atoms with Gasteiger partial charge in [-0.1, -0.05) is 54.6 Å². The van der Waals surface area contributed by atoms with Crippen LogP contribution in [-0.4, -0.2) is 57.4 Å². The third-order valence-corrected chi connectivity index (χ3v) is 4.13. The molecular weight excluding hydrogens is 339 g/mol. The molecule has 1 heterocycles. The standard InChI is InChI=1S/C21H16O3.K/c22-21(23-14-15-7-2-1-3-8-15)17-10-6-12-20-18(17)13-16-9-4-5-11-19(16)24-20;/h1-12H,13-14H2;. The number of carbonyl (C=O) groups is 1. The molecular formula is C21H16KO3. The van der Waals surface area contributed by atoms with Gasteiger partial charge in [0.1, 0.15) is 18.1 Å². The molecule has 0 aromatic heterocycles. The number of carbonyl (C=O) groups excluding carboxylic acids is 1. The van der Waals surface area contributed by atoms with Crippen LogP contribution in [0.4, 0.5) is 0 Å². The first-order chi connectivity index (χ1) is 11.8. The van der Waals surface area contributed by atoms with Crippen molar-refractivity contribution in [3.63, 3.8) is 0 Å². The van der Waals surface area contributed by atoms with Gasteiger partial charge in [-0.3, -0.25) is 0 Å². The van der Waals surface area contributed by atoms with Crippen molar-refractivity contribution < 1.29 is 14.3 Å². The Balaban J connectivity index is 0.00000182. The first-order valence-electron chi connectivity index (χ1n) is 7.90. The normalized spacial score (nSPS) is 11.4. The van der Waals surface area contributed by atoms with Crippen LogP contribution in [0.3, 0.4) is 0 Å². The molecule has 25 heavy (non-hydrogen) atoms. The maximum atomic E-state index is 12.5. The van der Waals surface area contributed by atoms with Crippen LogP contribution in [0.15, 0.2) is 72.8 Å². The van der Waals surface area contributed by atoms with E-state index in [4.69, 9.17) is 9.47 Å².